The van der Waals surface area contributed by atoms with E-state index < -0.39 is 25.5 Å². The van der Waals surface area contributed by atoms with Gasteiger partial charge in [-0.3, -0.25) is 9.78 Å². The molecular weight excluding hydrogens is 234 g/mol. The first-order valence-corrected chi connectivity index (χ1v) is 4.80. The van der Waals surface area contributed by atoms with Crippen LogP contribution in [0.2, 0.25) is 0 Å². The highest BCUT2D eigenvalue weighted by Gasteiger charge is 2.20. The van der Waals surface area contributed by atoms with E-state index in [0.29, 0.717) is 0 Å². The van der Waals surface area contributed by atoms with Crippen LogP contribution in [0.1, 0.15) is 10.5 Å². The molecule has 17 heavy (non-hydrogen) atoms. The smallest absolute Gasteiger partial charge is 0.274 e. The number of alkyl halides is 2. The van der Waals surface area contributed by atoms with Crippen LogP contribution in [0.15, 0.2) is 12.4 Å². The number of carbonyl (C=O) groups is 1. The fraction of sp³-hybridized carbons (Fsp3) is 0.444. The molecule has 0 atom stereocenters. The van der Waals surface area contributed by atoms with Crippen LogP contribution in [0.5, 0.6) is 0 Å². The van der Waals surface area contributed by atoms with Crippen LogP contribution >= 0.6 is 0 Å². The number of hydrogen-bond acceptors (Lipinski definition) is 5. The normalized spacial score (nSPS) is 10.6. The molecule has 1 amide bonds. The van der Waals surface area contributed by atoms with Crippen molar-refractivity contribution in [2.24, 2.45) is 0 Å². The average molecular weight is 246 g/mol. The summed E-state index contributed by atoms with van der Waals surface area (Å²) in [6.45, 7) is -1.37. The van der Waals surface area contributed by atoms with Gasteiger partial charge in [0.25, 0.3) is 12.3 Å². The summed E-state index contributed by atoms with van der Waals surface area (Å²) in [7, 11) is 0. The number of aromatic nitrogens is 2. The molecule has 0 aromatic carbocycles. The number of nitrogen functional groups attached to an aromatic ring is 1. The molecule has 0 aliphatic rings. The third-order valence-corrected chi connectivity index (χ3v) is 1.89. The minimum Gasteiger partial charge on any atom is -0.395 e. The van der Waals surface area contributed by atoms with Crippen LogP contribution in [0.25, 0.3) is 0 Å². The van der Waals surface area contributed by atoms with Gasteiger partial charge in [-0.15, -0.1) is 0 Å². The lowest BCUT2D eigenvalue weighted by molar-refractivity contribution is 0.0504. The molecule has 0 radical (unpaired) electrons. The van der Waals surface area contributed by atoms with E-state index in [9.17, 15) is 13.6 Å². The van der Waals surface area contributed by atoms with Gasteiger partial charge >= 0.3 is 0 Å². The Bertz CT molecular complexity index is 389. The SMILES string of the molecule is Nc1cncc(C(=O)N(CCO)CC(F)F)n1. The summed E-state index contributed by atoms with van der Waals surface area (Å²) in [6.07, 6.45) is -0.311. The minimum atomic E-state index is -2.68. The number of aliphatic hydroxyl groups is 1. The molecule has 1 aromatic heterocycles. The molecule has 0 spiro atoms. The van der Waals surface area contributed by atoms with E-state index in [1.165, 1.54) is 6.20 Å². The summed E-state index contributed by atoms with van der Waals surface area (Å²) in [4.78, 5) is 19.9. The van der Waals surface area contributed by atoms with E-state index in [1.807, 2.05) is 0 Å². The standard InChI is InChI=1S/C9H12F2N4O2/c10-7(11)5-15(1-2-16)9(17)6-3-13-4-8(12)14-6/h3-4,7,16H,1-2,5H2,(H2,12,14). The van der Waals surface area contributed by atoms with Crippen molar-refractivity contribution < 1.29 is 18.7 Å². The van der Waals surface area contributed by atoms with Crippen LogP contribution in [0.4, 0.5) is 14.6 Å². The lowest BCUT2D eigenvalue weighted by atomic mass is 10.3. The van der Waals surface area contributed by atoms with E-state index >= 15 is 0 Å². The molecule has 0 saturated carbocycles. The first-order valence-electron chi connectivity index (χ1n) is 4.80. The maximum atomic E-state index is 12.2. The van der Waals surface area contributed by atoms with Crippen molar-refractivity contribution in [3.05, 3.63) is 18.1 Å². The molecule has 1 heterocycles. The lowest BCUT2D eigenvalue weighted by Gasteiger charge is -2.20. The summed E-state index contributed by atoms with van der Waals surface area (Å²) in [6, 6.07) is 0. The first-order chi connectivity index (χ1) is 8.04. The first kappa shape index (κ1) is 13.2. The highest BCUT2D eigenvalue weighted by atomic mass is 19.3. The zero-order chi connectivity index (χ0) is 12.8. The summed E-state index contributed by atoms with van der Waals surface area (Å²) >= 11 is 0. The number of carbonyl (C=O) groups excluding carboxylic acids is 1. The number of anilines is 1. The number of nitrogens with zero attached hydrogens (tertiary/aromatic N) is 3. The number of rotatable bonds is 5. The monoisotopic (exact) mass is 246 g/mol. The molecule has 0 unspecified atom stereocenters. The molecule has 8 heteroatoms. The van der Waals surface area contributed by atoms with Crippen molar-refractivity contribution in [2.45, 2.75) is 6.43 Å². The fourth-order valence-electron chi connectivity index (χ4n) is 1.21. The zero-order valence-electron chi connectivity index (χ0n) is 8.88. The molecule has 0 fully saturated rings. The largest absolute Gasteiger partial charge is 0.395 e. The van der Waals surface area contributed by atoms with Gasteiger partial charge in [-0.2, -0.15) is 0 Å². The second-order valence-electron chi connectivity index (χ2n) is 3.20. The van der Waals surface area contributed by atoms with Gasteiger partial charge in [0.2, 0.25) is 0 Å². The molecule has 1 aromatic rings. The fourth-order valence-corrected chi connectivity index (χ4v) is 1.21. The van der Waals surface area contributed by atoms with Gasteiger partial charge in [0, 0.05) is 6.54 Å². The van der Waals surface area contributed by atoms with Crippen molar-refractivity contribution in [2.75, 3.05) is 25.4 Å². The average Bonchev–Trinajstić information content (AvgIpc) is 2.27. The van der Waals surface area contributed by atoms with Crippen molar-refractivity contribution in [1.29, 1.82) is 0 Å². The van der Waals surface area contributed by atoms with Crippen LogP contribution in [-0.4, -0.2) is 52.0 Å². The molecule has 6 nitrogen and oxygen atoms in total. The Morgan fingerprint density at radius 1 is 1.53 bits per heavy atom. The van der Waals surface area contributed by atoms with E-state index in [-0.39, 0.29) is 18.1 Å². The van der Waals surface area contributed by atoms with Gasteiger partial charge in [0.1, 0.15) is 11.5 Å². The molecular formula is C9H12F2N4O2. The van der Waals surface area contributed by atoms with Crippen molar-refractivity contribution in [3.63, 3.8) is 0 Å². The molecule has 94 valence electrons. The molecule has 0 aliphatic carbocycles. The molecule has 0 saturated heterocycles. The van der Waals surface area contributed by atoms with Crippen LogP contribution < -0.4 is 5.73 Å². The van der Waals surface area contributed by atoms with Gasteiger partial charge in [-0.1, -0.05) is 0 Å². The van der Waals surface area contributed by atoms with Gasteiger partial charge in [0.05, 0.1) is 25.5 Å². The quantitative estimate of drug-likeness (QED) is 0.748. The Kier molecular flexibility index (Phi) is 4.70. The van der Waals surface area contributed by atoms with Crippen LogP contribution in [0, 0.1) is 0 Å². The van der Waals surface area contributed by atoms with Crippen molar-refractivity contribution in [3.8, 4) is 0 Å². The van der Waals surface area contributed by atoms with Gasteiger partial charge < -0.3 is 15.7 Å². The molecule has 3 N–H and O–H groups in total. The van der Waals surface area contributed by atoms with E-state index in [4.69, 9.17) is 10.8 Å². The van der Waals surface area contributed by atoms with Gasteiger partial charge in [0.15, 0.2) is 0 Å². The third-order valence-electron chi connectivity index (χ3n) is 1.89. The van der Waals surface area contributed by atoms with E-state index in [1.54, 1.807) is 0 Å². The second-order valence-corrected chi connectivity index (χ2v) is 3.20. The Balaban J connectivity index is 2.83. The second kappa shape index (κ2) is 6.04. The Morgan fingerprint density at radius 2 is 2.24 bits per heavy atom. The lowest BCUT2D eigenvalue weighted by Crippen LogP contribution is -2.37. The highest BCUT2D eigenvalue weighted by molar-refractivity contribution is 5.92. The molecule has 1 rings (SSSR count). The summed E-state index contributed by atoms with van der Waals surface area (Å²) < 4.78 is 24.5. The Morgan fingerprint density at radius 3 is 2.76 bits per heavy atom. The topological polar surface area (TPSA) is 92.3 Å². The summed E-state index contributed by atoms with van der Waals surface area (Å²) in [5, 5.41) is 8.70. The minimum absolute atomic E-state index is 0.0249. The summed E-state index contributed by atoms with van der Waals surface area (Å²) in [5.74, 6) is -0.712. The number of hydrogen-bond donors (Lipinski definition) is 2. The van der Waals surface area contributed by atoms with Gasteiger partial charge in [-0.05, 0) is 0 Å². The zero-order valence-corrected chi connectivity index (χ0v) is 8.88. The Labute approximate surface area is 96.1 Å². The van der Waals surface area contributed by atoms with Gasteiger partial charge in [-0.25, -0.2) is 13.8 Å². The number of nitrogens with two attached hydrogens (primary N) is 1. The maximum Gasteiger partial charge on any atom is 0.274 e. The number of halogens is 2. The highest BCUT2D eigenvalue weighted by Crippen LogP contribution is 2.05. The maximum absolute atomic E-state index is 12.2. The number of amides is 1. The van der Waals surface area contributed by atoms with E-state index in [2.05, 4.69) is 9.97 Å². The summed E-state index contributed by atoms with van der Waals surface area (Å²) in [5.41, 5.74) is 5.20. The van der Waals surface area contributed by atoms with E-state index in [0.717, 1.165) is 11.1 Å². The molecule has 0 aliphatic heterocycles. The predicted octanol–water partition coefficient (Wildman–Crippen LogP) is -0.242. The Hall–Kier alpha value is -1.83. The van der Waals surface area contributed by atoms with Crippen molar-refractivity contribution in [1.82, 2.24) is 14.9 Å². The molecule has 0 bridgehead atoms. The van der Waals surface area contributed by atoms with Crippen LogP contribution in [0.3, 0.4) is 0 Å². The predicted molar refractivity (Wildman–Crippen MR) is 55.4 cm³/mol. The number of aliphatic hydroxyl groups excluding tert-OH is 1. The third kappa shape index (κ3) is 3.91. The van der Waals surface area contributed by atoms with Crippen molar-refractivity contribution >= 4 is 11.7 Å². The van der Waals surface area contributed by atoms with Crippen LogP contribution in [-0.2, 0) is 0 Å².